The number of anilines is 2. The molecule has 0 radical (unpaired) electrons. The summed E-state index contributed by atoms with van der Waals surface area (Å²) < 4.78 is 5.61. The highest BCUT2D eigenvalue weighted by Crippen LogP contribution is 2.28. The van der Waals surface area contributed by atoms with Crippen molar-refractivity contribution < 1.29 is 9.53 Å². The smallest absolute Gasteiger partial charge is 0.260 e. The lowest BCUT2D eigenvalue weighted by molar-refractivity contribution is -0.133. The Kier molecular flexibility index (Phi) is 6.84. The molecular weight excluding hydrogens is 478 g/mol. The second-order valence-electron chi connectivity index (χ2n) is 8.48. The Bertz CT molecular complexity index is 1370. The van der Waals surface area contributed by atoms with Crippen molar-refractivity contribution in [3.05, 3.63) is 71.2 Å². The summed E-state index contributed by atoms with van der Waals surface area (Å²) in [6, 6.07) is 18.8. The van der Waals surface area contributed by atoms with Crippen LogP contribution in [0.4, 0.5) is 11.8 Å². The zero-order valence-corrected chi connectivity index (χ0v) is 20.4. The molecule has 0 bridgehead atoms. The van der Waals surface area contributed by atoms with Gasteiger partial charge in [-0.15, -0.1) is 0 Å². The third-order valence-electron chi connectivity index (χ3n) is 6.13. The number of aromatic nitrogens is 3. The average Bonchev–Trinajstić information content (AvgIpc) is 2.92. The summed E-state index contributed by atoms with van der Waals surface area (Å²) in [5.41, 5.74) is 15.9. The Morgan fingerprint density at radius 1 is 0.917 bits per heavy atom. The van der Waals surface area contributed by atoms with Crippen molar-refractivity contribution in [2.45, 2.75) is 6.54 Å². The third kappa shape index (κ3) is 5.17. The van der Waals surface area contributed by atoms with Gasteiger partial charge in [-0.25, -0.2) is 9.97 Å². The molecular formula is C26H26ClN7O2. The summed E-state index contributed by atoms with van der Waals surface area (Å²) in [5, 5.41) is 0.619. The zero-order valence-electron chi connectivity index (χ0n) is 19.6. The highest BCUT2D eigenvalue weighted by atomic mass is 35.5. The normalized spacial score (nSPS) is 13.7. The summed E-state index contributed by atoms with van der Waals surface area (Å²) in [4.78, 5) is 30.3. The summed E-state index contributed by atoms with van der Waals surface area (Å²) in [6.45, 7) is 2.72. The van der Waals surface area contributed by atoms with E-state index < -0.39 is 0 Å². The van der Waals surface area contributed by atoms with E-state index in [0.717, 1.165) is 16.8 Å². The number of nitrogens with zero attached hydrogens (tertiary/aromatic N) is 5. The maximum atomic E-state index is 12.7. The highest BCUT2D eigenvalue weighted by molar-refractivity contribution is 6.30. The average molecular weight is 504 g/mol. The summed E-state index contributed by atoms with van der Waals surface area (Å²) >= 11 is 5.90. The van der Waals surface area contributed by atoms with Crippen LogP contribution in [-0.4, -0.2) is 58.5 Å². The highest BCUT2D eigenvalue weighted by Gasteiger charge is 2.24. The van der Waals surface area contributed by atoms with Crippen LogP contribution < -0.4 is 21.1 Å². The van der Waals surface area contributed by atoms with Gasteiger partial charge in [-0.3, -0.25) is 4.79 Å². The number of benzene rings is 2. The van der Waals surface area contributed by atoms with Crippen LogP contribution >= 0.6 is 11.6 Å². The fraction of sp³-hybridized carbons (Fsp3) is 0.231. The molecule has 10 heteroatoms. The van der Waals surface area contributed by atoms with Crippen LogP contribution in [0.5, 0.6) is 5.75 Å². The number of ether oxygens (including phenoxy) is 1. The van der Waals surface area contributed by atoms with Crippen LogP contribution in [0.15, 0.2) is 60.7 Å². The number of rotatable bonds is 6. The van der Waals surface area contributed by atoms with Gasteiger partial charge >= 0.3 is 0 Å². The quantitative estimate of drug-likeness (QED) is 0.411. The van der Waals surface area contributed by atoms with E-state index in [1.165, 1.54) is 0 Å². The number of carbonyl (C=O) groups is 1. The van der Waals surface area contributed by atoms with E-state index >= 15 is 0 Å². The van der Waals surface area contributed by atoms with Gasteiger partial charge < -0.3 is 26.0 Å². The first-order chi connectivity index (χ1) is 17.5. The van der Waals surface area contributed by atoms with Crippen LogP contribution in [0.1, 0.15) is 5.56 Å². The van der Waals surface area contributed by atoms with E-state index in [1.54, 1.807) is 29.2 Å². The minimum atomic E-state index is -0.0713. The molecule has 0 unspecified atom stereocenters. The monoisotopic (exact) mass is 503 g/mol. The molecule has 0 saturated carbocycles. The van der Waals surface area contributed by atoms with Crippen LogP contribution in [0.25, 0.3) is 22.3 Å². The van der Waals surface area contributed by atoms with Crippen molar-refractivity contribution in [3.63, 3.8) is 0 Å². The summed E-state index contributed by atoms with van der Waals surface area (Å²) in [6.07, 6.45) is 0. The molecule has 0 spiro atoms. The van der Waals surface area contributed by atoms with E-state index in [9.17, 15) is 4.79 Å². The van der Waals surface area contributed by atoms with E-state index in [-0.39, 0.29) is 18.5 Å². The van der Waals surface area contributed by atoms with Crippen LogP contribution in [0.2, 0.25) is 5.02 Å². The molecule has 0 aliphatic carbocycles. The van der Waals surface area contributed by atoms with Gasteiger partial charge in [-0.05, 0) is 42.0 Å². The Balaban J connectivity index is 1.30. The second kappa shape index (κ2) is 10.3. The summed E-state index contributed by atoms with van der Waals surface area (Å²) in [7, 11) is 0. The van der Waals surface area contributed by atoms with Crippen LogP contribution in [0.3, 0.4) is 0 Å². The molecule has 1 aliphatic rings. The molecule has 1 fully saturated rings. The van der Waals surface area contributed by atoms with Crippen molar-refractivity contribution in [3.8, 4) is 17.0 Å². The van der Waals surface area contributed by atoms with Gasteiger partial charge in [0.1, 0.15) is 11.3 Å². The largest absolute Gasteiger partial charge is 0.484 e. The Hall–Kier alpha value is -3.95. The molecule has 0 atom stereocenters. The standard InChI is InChI=1S/C26H26ClN7O2/c27-19-5-7-20(8-6-19)36-16-23(35)33-11-13-34(14-12-33)25-24-22(31-26(29)32-25)10-9-21(30-24)18-3-1-17(15-28)2-4-18/h1-10H,11-16,28H2,(H2,29,31,32). The van der Waals surface area contributed by atoms with Crippen LogP contribution in [-0.2, 0) is 11.3 Å². The van der Waals surface area contributed by atoms with Gasteiger partial charge in [0.2, 0.25) is 5.95 Å². The van der Waals surface area contributed by atoms with E-state index in [0.29, 0.717) is 60.3 Å². The minimum Gasteiger partial charge on any atom is -0.484 e. The number of nitrogens with two attached hydrogens (primary N) is 2. The first-order valence-electron chi connectivity index (χ1n) is 11.6. The molecule has 184 valence electrons. The minimum absolute atomic E-state index is 0.0289. The van der Waals surface area contributed by atoms with E-state index in [1.807, 2.05) is 36.4 Å². The molecule has 5 rings (SSSR count). The lowest BCUT2D eigenvalue weighted by Crippen LogP contribution is -2.50. The number of nitrogen functional groups attached to an aromatic ring is 1. The van der Waals surface area contributed by atoms with Gasteiger partial charge in [-0.2, -0.15) is 4.98 Å². The number of hydrogen-bond acceptors (Lipinski definition) is 8. The molecule has 4 N–H and O–H groups in total. The number of piperazine rings is 1. The molecule has 2 aromatic carbocycles. The number of carbonyl (C=O) groups excluding carboxylic acids is 1. The van der Waals surface area contributed by atoms with Crippen molar-refractivity contribution in [2.24, 2.45) is 5.73 Å². The zero-order chi connectivity index (χ0) is 25.1. The molecule has 3 heterocycles. The number of amides is 1. The third-order valence-corrected chi connectivity index (χ3v) is 6.39. The van der Waals surface area contributed by atoms with Crippen LogP contribution in [0, 0.1) is 0 Å². The predicted octanol–water partition coefficient (Wildman–Crippen LogP) is 3.11. The van der Waals surface area contributed by atoms with Crippen molar-refractivity contribution >= 4 is 40.3 Å². The lowest BCUT2D eigenvalue weighted by atomic mass is 10.1. The molecule has 2 aromatic heterocycles. The SMILES string of the molecule is NCc1ccc(-c2ccc3nc(N)nc(N4CCN(C(=O)COc5ccc(Cl)cc5)CC4)c3n2)cc1. The number of pyridine rings is 1. The molecule has 9 nitrogen and oxygen atoms in total. The topological polar surface area (TPSA) is 123 Å². The number of halogens is 1. The van der Waals surface area contributed by atoms with Crippen molar-refractivity contribution in [1.29, 1.82) is 0 Å². The van der Waals surface area contributed by atoms with Crippen molar-refractivity contribution in [1.82, 2.24) is 19.9 Å². The van der Waals surface area contributed by atoms with Gasteiger partial charge in [-0.1, -0.05) is 35.9 Å². The van der Waals surface area contributed by atoms with Gasteiger partial charge in [0.25, 0.3) is 5.91 Å². The summed E-state index contributed by atoms with van der Waals surface area (Å²) in [5.74, 6) is 1.39. The fourth-order valence-electron chi connectivity index (χ4n) is 4.14. The van der Waals surface area contributed by atoms with Crippen molar-refractivity contribution in [2.75, 3.05) is 43.4 Å². The molecule has 36 heavy (non-hydrogen) atoms. The van der Waals surface area contributed by atoms with E-state index in [2.05, 4.69) is 14.9 Å². The second-order valence-corrected chi connectivity index (χ2v) is 8.92. The van der Waals surface area contributed by atoms with Gasteiger partial charge in [0, 0.05) is 43.3 Å². The Morgan fingerprint density at radius 3 is 2.33 bits per heavy atom. The molecule has 1 amide bonds. The molecule has 1 saturated heterocycles. The van der Waals surface area contributed by atoms with Gasteiger partial charge in [0.05, 0.1) is 11.2 Å². The predicted molar refractivity (Wildman–Crippen MR) is 141 cm³/mol. The number of fused-ring (bicyclic) bond motifs is 1. The lowest BCUT2D eigenvalue weighted by Gasteiger charge is -2.35. The van der Waals surface area contributed by atoms with Gasteiger partial charge in [0.15, 0.2) is 12.4 Å². The Labute approximate surface area is 213 Å². The first-order valence-corrected chi connectivity index (χ1v) is 12.0. The van der Waals surface area contributed by atoms with E-state index in [4.69, 9.17) is 32.8 Å². The Morgan fingerprint density at radius 2 is 1.64 bits per heavy atom. The number of hydrogen-bond donors (Lipinski definition) is 2. The first kappa shape index (κ1) is 23.8. The molecule has 1 aliphatic heterocycles. The maximum absolute atomic E-state index is 12.7. The maximum Gasteiger partial charge on any atom is 0.260 e. The molecule has 4 aromatic rings. The fourth-order valence-corrected chi connectivity index (χ4v) is 4.27.